The highest BCUT2D eigenvalue weighted by atomic mass is 16.5. The molecule has 2 saturated carbocycles. The molecule has 2 aliphatic rings. The van der Waals surface area contributed by atoms with Gasteiger partial charge in [-0.05, 0) is 31.2 Å². The summed E-state index contributed by atoms with van der Waals surface area (Å²) in [6.07, 6.45) is 10.3. The first-order chi connectivity index (χ1) is 10.8. The second-order valence-corrected chi connectivity index (χ2v) is 6.95. The van der Waals surface area contributed by atoms with Crippen LogP contribution in [0.25, 0.3) is 0 Å². The zero-order chi connectivity index (χ0) is 15.2. The summed E-state index contributed by atoms with van der Waals surface area (Å²) in [6.45, 7) is 0.723. The van der Waals surface area contributed by atoms with Crippen molar-refractivity contribution in [1.82, 2.24) is 5.32 Å². The maximum absolute atomic E-state index is 6.30. The Morgan fingerprint density at radius 1 is 0.909 bits per heavy atom. The van der Waals surface area contributed by atoms with Crippen LogP contribution in [0.3, 0.4) is 0 Å². The molecular weight excluding hydrogens is 272 g/mol. The Morgan fingerprint density at radius 3 is 2.36 bits per heavy atom. The zero-order valence-electron chi connectivity index (χ0n) is 13.5. The minimum absolute atomic E-state index is 0.324. The van der Waals surface area contributed by atoms with Crippen LogP contribution in [0, 0.1) is 0 Å². The molecule has 0 spiro atoms. The molecule has 0 radical (unpaired) electrons. The summed E-state index contributed by atoms with van der Waals surface area (Å²) in [7, 11) is 0. The van der Waals surface area contributed by atoms with Crippen LogP contribution in [0.2, 0.25) is 0 Å². The molecule has 22 heavy (non-hydrogen) atoms. The monoisotopic (exact) mass is 302 g/mol. The van der Waals surface area contributed by atoms with Gasteiger partial charge in [0.2, 0.25) is 0 Å². The molecule has 0 aromatic heterocycles. The average molecular weight is 302 g/mol. The molecule has 0 saturated heterocycles. The van der Waals surface area contributed by atoms with Gasteiger partial charge < -0.3 is 15.8 Å². The molecule has 122 valence electrons. The highest BCUT2D eigenvalue weighted by Crippen LogP contribution is 2.25. The fourth-order valence-electron chi connectivity index (χ4n) is 3.91. The van der Waals surface area contributed by atoms with E-state index in [1.165, 1.54) is 56.9 Å². The molecule has 1 aromatic rings. The van der Waals surface area contributed by atoms with Crippen molar-refractivity contribution >= 4 is 0 Å². The summed E-state index contributed by atoms with van der Waals surface area (Å²) in [4.78, 5) is 0. The maximum atomic E-state index is 6.30. The molecular formula is C19H30N2O. The van der Waals surface area contributed by atoms with Gasteiger partial charge >= 0.3 is 0 Å². The normalized spacial score (nSPS) is 32.8. The minimum Gasteiger partial charge on any atom is -0.372 e. The zero-order valence-corrected chi connectivity index (χ0v) is 13.5. The molecule has 3 heteroatoms. The smallest absolute Gasteiger partial charge is 0.0732 e. The van der Waals surface area contributed by atoms with Crippen molar-refractivity contribution in [3.05, 3.63) is 35.9 Å². The van der Waals surface area contributed by atoms with E-state index in [9.17, 15) is 0 Å². The van der Waals surface area contributed by atoms with E-state index in [0.717, 1.165) is 6.61 Å². The lowest BCUT2D eigenvalue weighted by Gasteiger charge is -2.38. The number of hydrogen-bond donors (Lipinski definition) is 2. The first-order valence-corrected chi connectivity index (χ1v) is 9.00. The van der Waals surface area contributed by atoms with Gasteiger partial charge in [0.1, 0.15) is 0 Å². The van der Waals surface area contributed by atoms with Crippen LogP contribution in [-0.2, 0) is 11.3 Å². The lowest BCUT2D eigenvalue weighted by Crippen LogP contribution is -2.55. The van der Waals surface area contributed by atoms with Gasteiger partial charge in [0.05, 0.1) is 12.7 Å². The average Bonchev–Trinajstić information content (AvgIpc) is 2.57. The number of nitrogens with one attached hydrogen (secondary N) is 1. The number of nitrogens with two attached hydrogens (primary N) is 1. The molecule has 2 fully saturated rings. The molecule has 3 nitrogen and oxygen atoms in total. The minimum atomic E-state index is 0.324. The molecule has 3 rings (SSSR count). The summed E-state index contributed by atoms with van der Waals surface area (Å²) in [5, 5.41) is 3.84. The topological polar surface area (TPSA) is 47.3 Å². The summed E-state index contributed by atoms with van der Waals surface area (Å²) in [5.41, 5.74) is 7.57. The van der Waals surface area contributed by atoms with E-state index in [4.69, 9.17) is 10.5 Å². The molecule has 0 aliphatic heterocycles. The third-order valence-corrected chi connectivity index (χ3v) is 5.26. The Kier molecular flexibility index (Phi) is 5.88. The van der Waals surface area contributed by atoms with E-state index < -0.39 is 0 Å². The van der Waals surface area contributed by atoms with Gasteiger partial charge in [0.25, 0.3) is 0 Å². The van der Waals surface area contributed by atoms with E-state index in [1.54, 1.807) is 0 Å². The Bertz CT molecular complexity index is 436. The molecule has 3 N–H and O–H groups in total. The van der Waals surface area contributed by atoms with Gasteiger partial charge in [-0.1, -0.05) is 56.0 Å². The van der Waals surface area contributed by atoms with E-state index in [1.807, 2.05) is 0 Å². The van der Waals surface area contributed by atoms with Crippen LogP contribution in [0.5, 0.6) is 0 Å². The van der Waals surface area contributed by atoms with Crippen molar-refractivity contribution in [2.24, 2.45) is 5.73 Å². The fraction of sp³-hybridized carbons (Fsp3) is 0.684. The third-order valence-electron chi connectivity index (χ3n) is 5.26. The Hall–Kier alpha value is -0.900. The van der Waals surface area contributed by atoms with Crippen molar-refractivity contribution in [3.63, 3.8) is 0 Å². The highest BCUT2D eigenvalue weighted by Gasteiger charge is 2.30. The molecule has 0 amide bonds. The summed E-state index contributed by atoms with van der Waals surface area (Å²) in [5.74, 6) is 0. The summed E-state index contributed by atoms with van der Waals surface area (Å²) in [6, 6.07) is 11.8. The van der Waals surface area contributed by atoms with Gasteiger partial charge in [0, 0.05) is 18.1 Å². The lowest BCUT2D eigenvalue weighted by atomic mass is 9.87. The first kappa shape index (κ1) is 16.0. The van der Waals surface area contributed by atoms with Gasteiger partial charge in [-0.2, -0.15) is 0 Å². The van der Waals surface area contributed by atoms with Crippen LogP contribution in [0.4, 0.5) is 0 Å². The van der Waals surface area contributed by atoms with E-state index in [-0.39, 0.29) is 0 Å². The van der Waals surface area contributed by atoms with Gasteiger partial charge in [-0.3, -0.25) is 0 Å². The van der Waals surface area contributed by atoms with Crippen LogP contribution in [-0.4, -0.2) is 24.2 Å². The molecule has 0 bridgehead atoms. The van der Waals surface area contributed by atoms with Crippen LogP contribution in [0.1, 0.15) is 56.9 Å². The molecule has 1 aromatic carbocycles. The van der Waals surface area contributed by atoms with Gasteiger partial charge in [0.15, 0.2) is 0 Å². The summed E-state index contributed by atoms with van der Waals surface area (Å²) >= 11 is 0. The predicted molar refractivity (Wildman–Crippen MR) is 90.6 cm³/mol. The van der Waals surface area contributed by atoms with Crippen molar-refractivity contribution < 1.29 is 4.74 Å². The molecule has 4 unspecified atom stereocenters. The highest BCUT2D eigenvalue weighted by molar-refractivity contribution is 5.13. The van der Waals surface area contributed by atoms with Crippen molar-refractivity contribution in [3.8, 4) is 0 Å². The molecule has 0 heterocycles. The number of rotatable bonds is 5. The molecule has 2 aliphatic carbocycles. The van der Waals surface area contributed by atoms with Crippen LogP contribution < -0.4 is 11.1 Å². The summed E-state index contributed by atoms with van der Waals surface area (Å²) < 4.78 is 6.26. The van der Waals surface area contributed by atoms with Gasteiger partial charge in [-0.25, -0.2) is 0 Å². The lowest BCUT2D eigenvalue weighted by molar-refractivity contribution is -0.0102. The maximum Gasteiger partial charge on any atom is 0.0732 e. The Labute approximate surface area is 134 Å². The third kappa shape index (κ3) is 4.31. The van der Waals surface area contributed by atoms with E-state index in [2.05, 4.69) is 35.6 Å². The Balaban J connectivity index is 1.54. The second kappa shape index (κ2) is 8.09. The number of benzene rings is 1. The van der Waals surface area contributed by atoms with Crippen molar-refractivity contribution in [2.75, 3.05) is 0 Å². The van der Waals surface area contributed by atoms with Crippen molar-refractivity contribution in [2.45, 2.75) is 82.2 Å². The predicted octanol–water partition coefficient (Wildman–Crippen LogP) is 3.37. The first-order valence-electron chi connectivity index (χ1n) is 9.00. The Morgan fingerprint density at radius 2 is 1.59 bits per heavy atom. The molecule has 4 atom stereocenters. The van der Waals surface area contributed by atoms with E-state index >= 15 is 0 Å². The second-order valence-electron chi connectivity index (χ2n) is 6.95. The fourth-order valence-corrected chi connectivity index (χ4v) is 3.91. The van der Waals surface area contributed by atoms with Crippen LogP contribution in [0.15, 0.2) is 30.3 Å². The number of ether oxygens (including phenoxy) is 1. The quantitative estimate of drug-likeness (QED) is 0.876. The van der Waals surface area contributed by atoms with E-state index in [0.29, 0.717) is 24.2 Å². The van der Waals surface area contributed by atoms with Crippen LogP contribution >= 0.6 is 0 Å². The SMILES string of the molecule is NC1CCCCC1NC1CCCCC1OCc1ccccc1. The number of hydrogen-bond acceptors (Lipinski definition) is 3. The standard InChI is InChI=1S/C19H30N2O/c20-16-10-4-5-11-17(16)21-18-12-6-7-13-19(18)22-14-15-8-2-1-3-9-15/h1-3,8-9,16-19,21H,4-7,10-14,20H2. The van der Waals surface area contributed by atoms with Crippen molar-refractivity contribution in [1.29, 1.82) is 0 Å². The van der Waals surface area contributed by atoms with Gasteiger partial charge in [-0.15, -0.1) is 0 Å². The largest absolute Gasteiger partial charge is 0.372 e.